The molecule has 0 heterocycles. The molecule has 0 aliphatic carbocycles. The Morgan fingerprint density at radius 2 is 1.84 bits per heavy atom. The van der Waals surface area contributed by atoms with Crippen LogP contribution in [0.1, 0.15) is 26.2 Å². The van der Waals surface area contributed by atoms with Gasteiger partial charge in [-0.15, -0.1) is 0 Å². The van der Waals surface area contributed by atoms with Crippen molar-refractivity contribution in [1.29, 1.82) is 0 Å². The van der Waals surface area contributed by atoms with Gasteiger partial charge in [0.2, 0.25) is 0 Å². The number of benzene rings is 1. The summed E-state index contributed by atoms with van der Waals surface area (Å²) < 4.78 is 25.6. The number of halogens is 2. The molecule has 0 spiro atoms. The minimum absolute atomic E-state index is 0.0348. The van der Waals surface area contributed by atoms with Gasteiger partial charge in [0, 0.05) is 18.3 Å². The topological polar surface area (TPSA) is 58.2 Å². The number of carbonyl (C=O) groups is 2. The zero-order chi connectivity index (χ0) is 14.3. The van der Waals surface area contributed by atoms with Gasteiger partial charge in [0.15, 0.2) is 11.6 Å². The fourth-order valence-corrected chi connectivity index (χ4v) is 1.42. The second-order valence-electron chi connectivity index (χ2n) is 4.05. The molecule has 19 heavy (non-hydrogen) atoms. The Morgan fingerprint density at radius 3 is 2.47 bits per heavy atom. The average Bonchev–Trinajstić information content (AvgIpc) is 2.38. The highest BCUT2D eigenvalue weighted by Gasteiger charge is 2.13. The highest BCUT2D eigenvalue weighted by Crippen LogP contribution is 2.12. The molecule has 1 aromatic rings. The van der Waals surface area contributed by atoms with Gasteiger partial charge in [-0.3, -0.25) is 9.59 Å². The summed E-state index contributed by atoms with van der Waals surface area (Å²) in [6.45, 7) is 2.44. The number of anilines is 1. The van der Waals surface area contributed by atoms with Gasteiger partial charge in [0.25, 0.3) is 0 Å². The quantitative estimate of drug-likeness (QED) is 0.636. The lowest BCUT2D eigenvalue weighted by atomic mass is 10.2. The van der Waals surface area contributed by atoms with E-state index < -0.39 is 23.4 Å². The largest absolute Gasteiger partial charge is 0.348 e. The highest BCUT2D eigenvalue weighted by molar-refractivity contribution is 6.39. The standard InChI is InChI=1S/C13H16F2N2O2/c1-2-3-4-7-16-12(18)13(19)17-9-5-6-10(14)11(15)8-9/h5-6,8H,2-4,7H2,1H3,(H,16,18)(H,17,19). The van der Waals surface area contributed by atoms with Gasteiger partial charge in [0.05, 0.1) is 0 Å². The number of unbranched alkanes of at least 4 members (excludes halogenated alkanes) is 2. The molecule has 0 fully saturated rings. The van der Waals surface area contributed by atoms with Gasteiger partial charge in [-0.25, -0.2) is 8.78 Å². The maximum absolute atomic E-state index is 12.9. The van der Waals surface area contributed by atoms with Crippen LogP contribution in [-0.2, 0) is 9.59 Å². The minimum Gasteiger partial charge on any atom is -0.348 e. The Balaban J connectivity index is 2.45. The molecule has 1 aromatic carbocycles. The van der Waals surface area contributed by atoms with E-state index in [1.54, 1.807) is 0 Å². The SMILES string of the molecule is CCCCCNC(=O)C(=O)Nc1ccc(F)c(F)c1. The van der Waals surface area contributed by atoms with Crippen molar-refractivity contribution in [2.45, 2.75) is 26.2 Å². The predicted octanol–water partition coefficient (Wildman–Crippen LogP) is 2.21. The smallest absolute Gasteiger partial charge is 0.313 e. The predicted molar refractivity (Wildman–Crippen MR) is 67.5 cm³/mol. The van der Waals surface area contributed by atoms with Gasteiger partial charge in [0.1, 0.15) is 0 Å². The van der Waals surface area contributed by atoms with Gasteiger partial charge < -0.3 is 10.6 Å². The van der Waals surface area contributed by atoms with Crippen molar-refractivity contribution >= 4 is 17.5 Å². The molecule has 0 aliphatic heterocycles. The molecule has 6 heteroatoms. The van der Waals surface area contributed by atoms with E-state index in [1.807, 2.05) is 6.92 Å². The molecule has 0 aliphatic rings. The monoisotopic (exact) mass is 270 g/mol. The fourth-order valence-electron chi connectivity index (χ4n) is 1.42. The van der Waals surface area contributed by atoms with Crippen LogP contribution in [0.4, 0.5) is 14.5 Å². The van der Waals surface area contributed by atoms with Crippen LogP contribution in [0.5, 0.6) is 0 Å². The Labute approximate surface area is 110 Å². The summed E-state index contributed by atoms with van der Waals surface area (Å²) >= 11 is 0. The Morgan fingerprint density at radius 1 is 1.11 bits per heavy atom. The van der Waals surface area contributed by atoms with Crippen LogP contribution in [-0.4, -0.2) is 18.4 Å². The molecular weight excluding hydrogens is 254 g/mol. The first-order valence-electron chi connectivity index (χ1n) is 6.08. The van der Waals surface area contributed by atoms with Crippen molar-refractivity contribution in [2.75, 3.05) is 11.9 Å². The van der Waals surface area contributed by atoms with E-state index >= 15 is 0 Å². The Hall–Kier alpha value is -1.98. The van der Waals surface area contributed by atoms with Crippen LogP contribution in [0.25, 0.3) is 0 Å². The molecular formula is C13H16F2N2O2. The first-order chi connectivity index (χ1) is 9.04. The van der Waals surface area contributed by atoms with Crippen molar-refractivity contribution in [3.8, 4) is 0 Å². The molecule has 2 N–H and O–H groups in total. The number of nitrogens with one attached hydrogen (secondary N) is 2. The third-order valence-electron chi connectivity index (χ3n) is 2.45. The van der Waals surface area contributed by atoms with Crippen LogP contribution < -0.4 is 10.6 Å². The van der Waals surface area contributed by atoms with Crippen LogP contribution in [0.3, 0.4) is 0 Å². The van der Waals surface area contributed by atoms with Crippen molar-refractivity contribution < 1.29 is 18.4 Å². The normalized spacial score (nSPS) is 10.1. The van der Waals surface area contributed by atoms with Crippen molar-refractivity contribution in [2.24, 2.45) is 0 Å². The maximum atomic E-state index is 12.9. The fraction of sp³-hybridized carbons (Fsp3) is 0.385. The number of amides is 2. The molecule has 0 bridgehead atoms. The van der Waals surface area contributed by atoms with Crippen LogP contribution in [0.15, 0.2) is 18.2 Å². The third-order valence-corrected chi connectivity index (χ3v) is 2.45. The summed E-state index contributed by atoms with van der Waals surface area (Å²) in [6.07, 6.45) is 2.77. The van der Waals surface area contributed by atoms with Crippen molar-refractivity contribution in [1.82, 2.24) is 5.32 Å². The zero-order valence-electron chi connectivity index (χ0n) is 10.6. The molecule has 0 radical (unpaired) electrons. The first kappa shape index (κ1) is 15.1. The van der Waals surface area contributed by atoms with E-state index in [-0.39, 0.29) is 5.69 Å². The minimum atomic E-state index is -1.08. The van der Waals surface area contributed by atoms with Gasteiger partial charge in [-0.1, -0.05) is 19.8 Å². The average molecular weight is 270 g/mol. The maximum Gasteiger partial charge on any atom is 0.313 e. The molecule has 0 unspecified atom stereocenters. The lowest BCUT2D eigenvalue weighted by Gasteiger charge is -2.06. The van der Waals surface area contributed by atoms with E-state index in [2.05, 4.69) is 10.6 Å². The number of hydrogen-bond donors (Lipinski definition) is 2. The van der Waals surface area contributed by atoms with Gasteiger partial charge in [-0.05, 0) is 18.6 Å². The molecule has 0 saturated heterocycles. The number of hydrogen-bond acceptors (Lipinski definition) is 2. The molecule has 2 amide bonds. The summed E-state index contributed by atoms with van der Waals surface area (Å²) in [7, 11) is 0. The third kappa shape index (κ3) is 5.03. The summed E-state index contributed by atoms with van der Waals surface area (Å²) in [6, 6.07) is 2.88. The van der Waals surface area contributed by atoms with Gasteiger partial charge in [-0.2, -0.15) is 0 Å². The van der Waals surface area contributed by atoms with Crippen LogP contribution >= 0.6 is 0 Å². The molecule has 0 saturated carbocycles. The Kier molecular flexibility index (Phi) is 5.92. The lowest BCUT2D eigenvalue weighted by Crippen LogP contribution is -2.35. The first-order valence-corrected chi connectivity index (χ1v) is 6.08. The summed E-state index contributed by atoms with van der Waals surface area (Å²) in [5.74, 6) is -3.79. The van der Waals surface area contributed by atoms with E-state index in [0.29, 0.717) is 6.54 Å². The lowest BCUT2D eigenvalue weighted by molar-refractivity contribution is -0.136. The van der Waals surface area contributed by atoms with Crippen molar-refractivity contribution in [3.63, 3.8) is 0 Å². The zero-order valence-corrected chi connectivity index (χ0v) is 10.6. The number of carbonyl (C=O) groups excluding carboxylic acids is 2. The second-order valence-corrected chi connectivity index (χ2v) is 4.05. The summed E-state index contributed by atoms with van der Waals surface area (Å²) in [4.78, 5) is 22.8. The Bertz CT molecular complexity index is 464. The second kappa shape index (κ2) is 7.45. The summed E-state index contributed by atoms with van der Waals surface area (Å²) in [5, 5.41) is 4.64. The van der Waals surface area contributed by atoms with Crippen LogP contribution in [0.2, 0.25) is 0 Å². The molecule has 4 nitrogen and oxygen atoms in total. The van der Waals surface area contributed by atoms with Crippen LogP contribution in [0, 0.1) is 11.6 Å². The van der Waals surface area contributed by atoms with Crippen molar-refractivity contribution in [3.05, 3.63) is 29.8 Å². The summed E-state index contributed by atoms with van der Waals surface area (Å²) in [5.41, 5.74) is 0.0348. The highest BCUT2D eigenvalue weighted by atomic mass is 19.2. The van der Waals surface area contributed by atoms with E-state index in [9.17, 15) is 18.4 Å². The molecule has 0 aromatic heterocycles. The van der Waals surface area contributed by atoms with E-state index in [0.717, 1.165) is 31.4 Å². The van der Waals surface area contributed by atoms with E-state index in [4.69, 9.17) is 0 Å². The molecule has 104 valence electrons. The number of rotatable bonds is 5. The molecule has 0 atom stereocenters. The van der Waals surface area contributed by atoms with E-state index in [1.165, 1.54) is 6.07 Å². The van der Waals surface area contributed by atoms with Gasteiger partial charge >= 0.3 is 11.8 Å². The molecule has 1 rings (SSSR count).